The third-order valence-electron chi connectivity index (χ3n) is 2.37. The Labute approximate surface area is 111 Å². The minimum Gasteiger partial charge on any atom is -0.326 e. The molecule has 5 nitrogen and oxygen atoms in total. The van der Waals surface area contributed by atoms with Gasteiger partial charge in [0, 0.05) is 18.5 Å². The van der Waals surface area contributed by atoms with E-state index < -0.39 is 11.7 Å². The van der Waals surface area contributed by atoms with Gasteiger partial charge in [-0.25, -0.2) is 4.68 Å². The Bertz CT molecular complexity index is 581. The van der Waals surface area contributed by atoms with Gasteiger partial charge < -0.3 is 5.73 Å². The van der Waals surface area contributed by atoms with Crippen LogP contribution in [-0.2, 0) is 19.8 Å². The number of aryl methyl sites for hydroxylation is 1. The summed E-state index contributed by atoms with van der Waals surface area (Å²) in [6.07, 6.45) is -4.44. The summed E-state index contributed by atoms with van der Waals surface area (Å²) >= 11 is 0.860. The molecule has 102 valence electrons. The Kier molecular flexibility index (Phi) is 3.76. The van der Waals surface area contributed by atoms with E-state index in [1.165, 1.54) is 10.7 Å². The number of nitrogens with two attached hydrogens (primary N) is 1. The Balaban J connectivity index is 2.42. The van der Waals surface area contributed by atoms with E-state index in [1.54, 1.807) is 13.1 Å². The first-order valence-corrected chi connectivity index (χ1v) is 6.04. The van der Waals surface area contributed by atoms with Crippen LogP contribution in [0.15, 0.2) is 28.3 Å². The zero-order valence-corrected chi connectivity index (χ0v) is 10.7. The van der Waals surface area contributed by atoms with Crippen LogP contribution in [0.1, 0.15) is 11.1 Å². The fourth-order valence-corrected chi connectivity index (χ4v) is 2.28. The second-order valence-electron chi connectivity index (χ2n) is 3.72. The topological polar surface area (TPSA) is 69.6 Å². The highest BCUT2D eigenvalue weighted by molar-refractivity contribution is 7.99. The predicted octanol–water partition coefficient (Wildman–Crippen LogP) is 1.84. The average Bonchev–Trinajstić information content (AvgIpc) is 2.74. The van der Waals surface area contributed by atoms with Gasteiger partial charge in [-0.15, -0.1) is 5.10 Å². The summed E-state index contributed by atoms with van der Waals surface area (Å²) in [5.74, 6) is 0. The monoisotopic (exact) mass is 289 g/mol. The van der Waals surface area contributed by atoms with Gasteiger partial charge in [-0.3, -0.25) is 0 Å². The van der Waals surface area contributed by atoms with Crippen LogP contribution in [0.25, 0.3) is 0 Å². The summed E-state index contributed by atoms with van der Waals surface area (Å²) in [5.41, 5.74) is 5.05. The van der Waals surface area contributed by atoms with Crippen molar-refractivity contribution in [2.45, 2.75) is 22.8 Å². The number of halogens is 3. The van der Waals surface area contributed by atoms with E-state index in [9.17, 15) is 13.2 Å². The summed E-state index contributed by atoms with van der Waals surface area (Å²) in [6.45, 7) is 0.0551. The van der Waals surface area contributed by atoms with Crippen LogP contribution in [-0.4, -0.2) is 20.2 Å². The van der Waals surface area contributed by atoms with Crippen LogP contribution >= 0.6 is 11.8 Å². The molecule has 2 aromatic rings. The second-order valence-corrected chi connectivity index (χ2v) is 4.73. The van der Waals surface area contributed by atoms with Gasteiger partial charge >= 0.3 is 6.18 Å². The third kappa shape index (κ3) is 3.04. The van der Waals surface area contributed by atoms with Gasteiger partial charge in [-0.05, 0) is 39.9 Å². The van der Waals surface area contributed by atoms with Crippen LogP contribution in [0.5, 0.6) is 0 Å². The number of alkyl halides is 3. The Morgan fingerprint density at radius 2 is 2.11 bits per heavy atom. The molecule has 0 aliphatic rings. The summed E-state index contributed by atoms with van der Waals surface area (Å²) in [6, 6.07) is 3.98. The van der Waals surface area contributed by atoms with E-state index in [0.29, 0.717) is 5.56 Å². The van der Waals surface area contributed by atoms with E-state index in [0.717, 1.165) is 17.8 Å². The number of hydrogen-bond acceptors (Lipinski definition) is 5. The number of hydrogen-bond donors (Lipinski definition) is 1. The number of rotatable bonds is 3. The molecule has 0 saturated heterocycles. The normalized spacial score (nSPS) is 11.8. The Morgan fingerprint density at radius 1 is 1.37 bits per heavy atom. The van der Waals surface area contributed by atoms with Gasteiger partial charge in [0.2, 0.25) is 5.16 Å². The smallest absolute Gasteiger partial charge is 0.326 e. The lowest BCUT2D eigenvalue weighted by molar-refractivity contribution is -0.139. The lowest BCUT2D eigenvalue weighted by Crippen LogP contribution is -2.09. The second kappa shape index (κ2) is 5.17. The van der Waals surface area contributed by atoms with Gasteiger partial charge in [0.1, 0.15) is 0 Å². The maximum atomic E-state index is 13.0. The minimum absolute atomic E-state index is 0.0441. The molecule has 2 N–H and O–H groups in total. The van der Waals surface area contributed by atoms with E-state index in [1.807, 2.05) is 0 Å². The van der Waals surface area contributed by atoms with Crippen LogP contribution in [0.2, 0.25) is 0 Å². The van der Waals surface area contributed by atoms with Crippen LogP contribution in [0.4, 0.5) is 13.2 Å². The zero-order valence-electron chi connectivity index (χ0n) is 9.85. The molecule has 1 aromatic carbocycles. The maximum Gasteiger partial charge on any atom is 0.417 e. The summed E-state index contributed by atoms with van der Waals surface area (Å²) < 4.78 is 40.3. The highest BCUT2D eigenvalue weighted by Crippen LogP contribution is 2.39. The first-order valence-electron chi connectivity index (χ1n) is 5.22. The van der Waals surface area contributed by atoms with Crippen molar-refractivity contribution < 1.29 is 13.2 Å². The van der Waals surface area contributed by atoms with Gasteiger partial charge in [-0.1, -0.05) is 6.07 Å². The first-order chi connectivity index (χ1) is 8.91. The number of nitrogens with zero attached hydrogens (tertiary/aromatic N) is 4. The van der Waals surface area contributed by atoms with Crippen LogP contribution in [0.3, 0.4) is 0 Å². The molecule has 0 aliphatic carbocycles. The average molecular weight is 289 g/mol. The molecule has 0 saturated carbocycles. The predicted molar refractivity (Wildman–Crippen MR) is 62.3 cm³/mol. The molecule has 0 amide bonds. The zero-order chi connectivity index (χ0) is 14.0. The highest BCUT2D eigenvalue weighted by Gasteiger charge is 2.34. The van der Waals surface area contributed by atoms with E-state index in [2.05, 4.69) is 15.5 Å². The number of benzene rings is 1. The van der Waals surface area contributed by atoms with Crippen LogP contribution < -0.4 is 5.73 Å². The molecule has 19 heavy (non-hydrogen) atoms. The molecule has 0 fully saturated rings. The Hall–Kier alpha value is -1.61. The van der Waals surface area contributed by atoms with Crippen molar-refractivity contribution in [2.24, 2.45) is 12.8 Å². The number of tetrazole rings is 1. The summed E-state index contributed by atoms with van der Waals surface area (Å²) in [5, 5.41) is 10.9. The fourth-order valence-electron chi connectivity index (χ4n) is 1.42. The van der Waals surface area contributed by atoms with Gasteiger partial charge in [-0.2, -0.15) is 13.2 Å². The van der Waals surface area contributed by atoms with Crippen molar-refractivity contribution in [3.05, 3.63) is 29.3 Å². The van der Waals surface area contributed by atoms with Crippen molar-refractivity contribution in [2.75, 3.05) is 0 Å². The molecule has 0 aliphatic heterocycles. The van der Waals surface area contributed by atoms with Crippen molar-refractivity contribution in [1.29, 1.82) is 0 Å². The molecule has 0 radical (unpaired) electrons. The Morgan fingerprint density at radius 3 is 2.63 bits per heavy atom. The molecule has 9 heteroatoms. The molecule has 0 bridgehead atoms. The standard InChI is InChI=1S/C10H10F3N5S/c1-18-9(15-16-17-18)19-8-3-2-6(5-14)4-7(8)10(11,12)13/h2-4H,5,14H2,1H3. The van der Waals surface area contributed by atoms with Gasteiger partial charge in [0.05, 0.1) is 5.56 Å². The molecule has 0 atom stereocenters. The van der Waals surface area contributed by atoms with E-state index in [4.69, 9.17) is 5.73 Å². The lowest BCUT2D eigenvalue weighted by atomic mass is 10.1. The fraction of sp³-hybridized carbons (Fsp3) is 0.300. The highest BCUT2D eigenvalue weighted by atomic mass is 32.2. The largest absolute Gasteiger partial charge is 0.417 e. The molecule has 2 rings (SSSR count). The van der Waals surface area contributed by atoms with Gasteiger partial charge in [0.15, 0.2) is 0 Å². The van der Waals surface area contributed by atoms with Crippen LogP contribution in [0, 0.1) is 0 Å². The lowest BCUT2D eigenvalue weighted by Gasteiger charge is -2.13. The molecule has 1 aromatic heterocycles. The van der Waals surface area contributed by atoms with E-state index in [-0.39, 0.29) is 16.6 Å². The minimum atomic E-state index is -4.44. The SMILES string of the molecule is Cn1nnnc1Sc1ccc(CN)cc1C(F)(F)F. The van der Waals surface area contributed by atoms with E-state index >= 15 is 0 Å². The molecule has 1 heterocycles. The molecule has 0 unspecified atom stereocenters. The maximum absolute atomic E-state index is 13.0. The molecular weight excluding hydrogens is 279 g/mol. The molecular formula is C10H10F3N5S. The quantitative estimate of drug-likeness (QED) is 0.933. The summed E-state index contributed by atoms with van der Waals surface area (Å²) in [4.78, 5) is 0.0441. The molecule has 0 spiro atoms. The first kappa shape index (κ1) is 13.8. The van der Waals surface area contributed by atoms with Crippen molar-refractivity contribution in [3.63, 3.8) is 0 Å². The van der Waals surface area contributed by atoms with Gasteiger partial charge in [0.25, 0.3) is 0 Å². The van der Waals surface area contributed by atoms with Crippen molar-refractivity contribution in [3.8, 4) is 0 Å². The summed E-state index contributed by atoms with van der Waals surface area (Å²) in [7, 11) is 1.56. The van der Waals surface area contributed by atoms with Crippen molar-refractivity contribution in [1.82, 2.24) is 20.2 Å². The third-order valence-corrected chi connectivity index (χ3v) is 3.47. The number of aromatic nitrogens is 4. The van der Waals surface area contributed by atoms with Crippen molar-refractivity contribution >= 4 is 11.8 Å².